The SMILES string of the molecule is COc1ccc(C(C)CCl)cc1Cl. The van der Waals surface area contributed by atoms with E-state index in [0.717, 1.165) is 5.56 Å². The van der Waals surface area contributed by atoms with Crippen molar-refractivity contribution < 1.29 is 4.74 Å². The summed E-state index contributed by atoms with van der Waals surface area (Å²) in [5.41, 5.74) is 1.14. The van der Waals surface area contributed by atoms with Gasteiger partial charge in [-0.1, -0.05) is 24.6 Å². The topological polar surface area (TPSA) is 9.23 Å². The second kappa shape index (κ2) is 4.73. The Bertz CT molecular complexity index is 286. The average Bonchev–Trinajstić information content (AvgIpc) is 2.16. The maximum atomic E-state index is 5.96. The third kappa shape index (κ3) is 2.52. The predicted octanol–water partition coefficient (Wildman–Crippen LogP) is 3.69. The first-order valence-electron chi connectivity index (χ1n) is 4.08. The van der Waals surface area contributed by atoms with Gasteiger partial charge < -0.3 is 4.74 Å². The molecule has 1 aromatic carbocycles. The van der Waals surface area contributed by atoms with E-state index in [-0.39, 0.29) is 0 Å². The number of rotatable bonds is 3. The van der Waals surface area contributed by atoms with Crippen LogP contribution in [0.15, 0.2) is 18.2 Å². The van der Waals surface area contributed by atoms with Gasteiger partial charge in [0.25, 0.3) is 0 Å². The highest BCUT2D eigenvalue weighted by molar-refractivity contribution is 6.32. The molecule has 1 aromatic rings. The lowest BCUT2D eigenvalue weighted by Gasteiger charge is -2.09. The summed E-state index contributed by atoms with van der Waals surface area (Å²) in [4.78, 5) is 0. The lowest BCUT2D eigenvalue weighted by molar-refractivity contribution is 0.415. The monoisotopic (exact) mass is 218 g/mol. The van der Waals surface area contributed by atoms with Crippen molar-refractivity contribution in [3.8, 4) is 5.75 Å². The van der Waals surface area contributed by atoms with E-state index in [4.69, 9.17) is 27.9 Å². The highest BCUT2D eigenvalue weighted by Crippen LogP contribution is 2.28. The fourth-order valence-electron chi connectivity index (χ4n) is 1.08. The normalized spacial score (nSPS) is 12.6. The number of alkyl halides is 1. The van der Waals surface area contributed by atoms with Crippen LogP contribution in [0, 0.1) is 0 Å². The van der Waals surface area contributed by atoms with E-state index in [2.05, 4.69) is 6.92 Å². The second-order valence-corrected chi connectivity index (χ2v) is 3.67. The molecular weight excluding hydrogens is 207 g/mol. The number of ether oxygens (including phenoxy) is 1. The molecule has 0 fully saturated rings. The summed E-state index contributed by atoms with van der Waals surface area (Å²) < 4.78 is 5.05. The van der Waals surface area contributed by atoms with E-state index in [1.54, 1.807) is 7.11 Å². The Hall–Kier alpha value is -0.400. The van der Waals surface area contributed by atoms with Gasteiger partial charge in [-0.15, -0.1) is 11.6 Å². The third-order valence-corrected chi connectivity index (χ3v) is 2.73. The van der Waals surface area contributed by atoms with E-state index in [0.29, 0.717) is 22.6 Å². The van der Waals surface area contributed by atoms with Gasteiger partial charge in [-0.05, 0) is 23.6 Å². The van der Waals surface area contributed by atoms with Crippen LogP contribution in [0.1, 0.15) is 18.4 Å². The van der Waals surface area contributed by atoms with Gasteiger partial charge in [-0.25, -0.2) is 0 Å². The van der Waals surface area contributed by atoms with Crippen LogP contribution in [-0.4, -0.2) is 13.0 Å². The van der Waals surface area contributed by atoms with Gasteiger partial charge in [0.05, 0.1) is 12.1 Å². The largest absolute Gasteiger partial charge is 0.495 e. The minimum absolute atomic E-state index is 0.324. The van der Waals surface area contributed by atoms with Crippen LogP contribution in [-0.2, 0) is 0 Å². The van der Waals surface area contributed by atoms with Crippen molar-refractivity contribution >= 4 is 23.2 Å². The molecule has 0 amide bonds. The summed E-state index contributed by atoms with van der Waals surface area (Å²) in [7, 11) is 1.60. The Balaban J connectivity index is 2.95. The van der Waals surface area contributed by atoms with Crippen molar-refractivity contribution in [2.45, 2.75) is 12.8 Å². The quantitative estimate of drug-likeness (QED) is 0.704. The van der Waals surface area contributed by atoms with Gasteiger partial charge in [0.15, 0.2) is 0 Å². The highest BCUT2D eigenvalue weighted by Gasteiger charge is 2.06. The Labute approximate surface area is 88.6 Å². The Morgan fingerprint density at radius 2 is 2.15 bits per heavy atom. The summed E-state index contributed by atoms with van der Waals surface area (Å²) >= 11 is 11.7. The number of hydrogen-bond donors (Lipinski definition) is 0. The van der Waals surface area contributed by atoms with Gasteiger partial charge in [0.2, 0.25) is 0 Å². The van der Waals surface area contributed by atoms with Crippen molar-refractivity contribution in [3.63, 3.8) is 0 Å². The molecule has 0 aliphatic heterocycles. The number of methoxy groups -OCH3 is 1. The maximum Gasteiger partial charge on any atom is 0.137 e. The van der Waals surface area contributed by atoms with Gasteiger partial charge in [-0.3, -0.25) is 0 Å². The average molecular weight is 219 g/mol. The lowest BCUT2D eigenvalue weighted by atomic mass is 10.0. The van der Waals surface area contributed by atoms with Crippen molar-refractivity contribution in [3.05, 3.63) is 28.8 Å². The molecule has 0 saturated heterocycles. The molecule has 0 saturated carbocycles. The van der Waals surface area contributed by atoms with Crippen LogP contribution in [0.2, 0.25) is 5.02 Å². The molecule has 0 spiro atoms. The molecule has 0 N–H and O–H groups in total. The van der Waals surface area contributed by atoms with Gasteiger partial charge in [-0.2, -0.15) is 0 Å². The first-order valence-corrected chi connectivity index (χ1v) is 4.99. The Morgan fingerprint density at radius 3 is 2.62 bits per heavy atom. The van der Waals surface area contributed by atoms with E-state index in [9.17, 15) is 0 Å². The zero-order valence-corrected chi connectivity index (χ0v) is 9.19. The predicted molar refractivity (Wildman–Crippen MR) is 57.1 cm³/mol. The highest BCUT2D eigenvalue weighted by atomic mass is 35.5. The van der Waals surface area contributed by atoms with Crippen molar-refractivity contribution in [1.29, 1.82) is 0 Å². The van der Waals surface area contributed by atoms with Crippen molar-refractivity contribution in [2.75, 3.05) is 13.0 Å². The standard InChI is InChI=1S/C10H12Cl2O/c1-7(6-11)8-3-4-10(13-2)9(12)5-8/h3-5,7H,6H2,1-2H3. The molecule has 0 aliphatic carbocycles. The smallest absolute Gasteiger partial charge is 0.137 e. The zero-order valence-electron chi connectivity index (χ0n) is 7.68. The lowest BCUT2D eigenvalue weighted by Crippen LogP contribution is -1.95. The van der Waals surface area contributed by atoms with Gasteiger partial charge >= 0.3 is 0 Å². The van der Waals surface area contributed by atoms with E-state index < -0.39 is 0 Å². The molecule has 13 heavy (non-hydrogen) atoms. The van der Waals surface area contributed by atoms with E-state index >= 15 is 0 Å². The number of hydrogen-bond acceptors (Lipinski definition) is 1. The summed E-state index contributed by atoms with van der Waals surface area (Å²) in [6.07, 6.45) is 0. The van der Waals surface area contributed by atoms with Crippen molar-refractivity contribution in [2.24, 2.45) is 0 Å². The Kier molecular flexibility index (Phi) is 3.89. The van der Waals surface area contributed by atoms with Crippen LogP contribution in [0.25, 0.3) is 0 Å². The van der Waals surface area contributed by atoms with Crippen molar-refractivity contribution in [1.82, 2.24) is 0 Å². The minimum atomic E-state index is 0.324. The van der Waals surface area contributed by atoms with Crippen LogP contribution in [0.3, 0.4) is 0 Å². The summed E-state index contributed by atoms with van der Waals surface area (Å²) in [6, 6.07) is 5.74. The molecule has 3 heteroatoms. The molecule has 1 unspecified atom stereocenters. The molecule has 72 valence electrons. The Morgan fingerprint density at radius 1 is 1.46 bits per heavy atom. The molecule has 0 radical (unpaired) electrons. The van der Waals surface area contributed by atoms with E-state index in [1.807, 2.05) is 18.2 Å². The summed E-state index contributed by atoms with van der Waals surface area (Å²) in [6.45, 7) is 2.06. The third-order valence-electron chi connectivity index (χ3n) is 1.98. The molecule has 0 heterocycles. The zero-order chi connectivity index (χ0) is 9.84. The molecule has 1 nitrogen and oxygen atoms in total. The fraction of sp³-hybridized carbons (Fsp3) is 0.400. The molecule has 0 bridgehead atoms. The minimum Gasteiger partial charge on any atom is -0.495 e. The first-order chi connectivity index (χ1) is 6.19. The molecular formula is C10H12Cl2O. The fourth-order valence-corrected chi connectivity index (χ4v) is 1.52. The van der Waals surface area contributed by atoms with Gasteiger partial charge in [0.1, 0.15) is 5.75 Å². The summed E-state index contributed by atoms with van der Waals surface area (Å²) in [5.74, 6) is 1.63. The first kappa shape index (κ1) is 10.7. The molecule has 0 aliphatic rings. The molecule has 1 rings (SSSR count). The number of halogens is 2. The van der Waals surface area contributed by atoms with Crippen LogP contribution < -0.4 is 4.74 Å². The van der Waals surface area contributed by atoms with Crippen LogP contribution >= 0.6 is 23.2 Å². The molecule has 0 aromatic heterocycles. The van der Waals surface area contributed by atoms with Crippen LogP contribution in [0.4, 0.5) is 0 Å². The van der Waals surface area contributed by atoms with E-state index in [1.165, 1.54) is 0 Å². The number of benzene rings is 1. The van der Waals surface area contributed by atoms with Crippen LogP contribution in [0.5, 0.6) is 5.75 Å². The summed E-state index contributed by atoms with van der Waals surface area (Å²) in [5, 5.41) is 0.636. The van der Waals surface area contributed by atoms with Gasteiger partial charge in [0, 0.05) is 5.88 Å². The molecule has 1 atom stereocenters. The second-order valence-electron chi connectivity index (χ2n) is 2.95. The maximum absolute atomic E-state index is 5.96.